The van der Waals surface area contributed by atoms with E-state index in [0.29, 0.717) is 0 Å². The highest BCUT2D eigenvalue weighted by Gasteiger charge is 2.36. The molecule has 0 radical (unpaired) electrons. The Morgan fingerprint density at radius 2 is 0.569 bits per heavy atom. The van der Waals surface area contributed by atoms with Crippen LogP contribution in [0, 0.1) is 0 Å². The average molecular weight is 739 g/mol. The Bertz CT molecular complexity index is 3080. The molecule has 0 atom stereocenters. The van der Waals surface area contributed by atoms with Gasteiger partial charge in [-0.25, -0.2) is 0 Å². The van der Waals surface area contributed by atoms with Crippen LogP contribution < -0.4 is 0 Å². The Morgan fingerprint density at radius 3 is 0.966 bits per heavy atom. The molecule has 0 saturated heterocycles. The molecule has 0 nitrogen and oxygen atoms in total. The summed E-state index contributed by atoms with van der Waals surface area (Å²) in [5.41, 5.74) is 21.0. The second-order valence-electron chi connectivity index (χ2n) is 17.6. The van der Waals surface area contributed by atoms with Crippen molar-refractivity contribution in [1.29, 1.82) is 0 Å². The van der Waals surface area contributed by atoms with E-state index in [1.54, 1.807) is 0 Å². The summed E-state index contributed by atoms with van der Waals surface area (Å²) in [6.07, 6.45) is 0. The van der Waals surface area contributed by atoms with Crippen LogP contribution in [0.15, 0.2) is 182 Å². The number of hydrogen-bond acceptors (Lipinski definition) is 0. The van der Waals surface area contributed by atoms with Crippen molar-refractivity contribution in [3.8, 4) is 66.8 Å². The third kappa shape index (κ3) is 4.52. The van der Waals surface area contributed by atoms with Crippen LogP contribution in [-0.2, 0) is 10.8 Å². The van der Waals surface area contributed by atoms with E-state index in [0.717, 1.165) is 0 Å². The van der Waals surface area contributed by atoms with Gasteiger partial charge in [0, 0.05) is 10.8 Å². The molecule has 274 valence electrons. The summed E-state index contributed by atoms with van der Waals surface area (Å²) in [5.74, 6) is 0. The third-order valence-corrected chi connectivity index (χ3v) is 13.9. The van der Waals surface area contributed by atoms with Crippen LogP contribution in [-0.4, -0.2) is 0 Å². The molecule has 0 unspecified atom stereocenters. The van der Waals surface area contributed by atoms with Gasteiger partial charge in [-0.1, -0.05) is 185 Å². The fraction of sp³-hybridized carbons (Fsp3) is 0.103. The first-order valence-electron chi connectivity index (χ1n) is 20.7. The fourth-order valence-corrected chi connectivity index (χ4v) is 11.0. The lowest BCUT2D eigenvalue weighted by atomic mass is 9.80. The molecule has 0 heteroatoms. The van der Waals surface area contributed by atoms with Gasteiger partial charge < -0.3 is 0 Å². The van der Waals surface area contributed by atoms with Crippen molar-refractivity contribution in [3.05, 3.63) is 204 Å². The fourth-order valence-electron chi connectivity index (χ4n) is 11.0. The van der Waals surface area contributed by atoms with Crippen molar-refractivity contribution in [1.82, 2.24) is 0 Å². The summed E-state index contributed by atoms with van der Waals surface area (Å²) in [7, 11) is 0. The molecule has 2 aliphatic carbocycles. The van der Waals surface area contributed by atoms with Gasteiger partial charge in [-0.2, -0.15) is 0 Å². The summed E-state index contributed by atoms with van der Waals surface area (Å²) >= 11 is 0. The lowest BCUT2D eigenvalue weighted by Gasteiger charge is -2.23. The Labute approximate surface area is 340 Å². The molecule has 2 aliphatic rings. The highest BCUT2D eigenvalue weighted by molar-refractivity contribution is 6.32. The lowest BCUT2D eigenvalue weighted by molar-refractivity contribution is 0.660. The van der Waals surface area contributed by atoms with Crippen molar-refractivity contribution >= 4 is 32.3 Å². The second kappa shape index (κ2) is 11.9. The van der Waals surface area contributed by atoms with Crippen LogP contribution in [0.1, 0.15) is 49.9 Å². The molecule has 0 N–H and O–H groups in total. The third-order valence-electron chi connectivity index (χ3n) is 13.9. The zero-order valence-electron chi connectivity index (χ0n) is 33.3. The zero-order chi connectivity index (χ0) is 38.9. The minimum atomic E-state index is -0.0397. The van der Waals surface area contributed by atoms with Gasteiger partial charge in [-0.05, 0) is 146 Å². The van der Waals surface area contributed by atoms with Gasteiger partial charge in [-0.3, -0.25) is 0 Å². The summed E-state index contributed by atoms with van der Waals surface area (Å²) in [6.45, 7) is 9.46. The average Bonchev–Trinajstić information content (AvgIpc) is 3.64. The Hall–Kier alpha value is -6.76. The minimum Gasteiger partial charge on any atom is -0.0622 e. The smallest absolute Gasteiger partial charge is 0.0158 e. The predicted molar refractivity (Wildman–Crippen MR) is 247 cm³/mol. The maximum atomic E-state index is 2.47. The summed E-state index contributed by atoms with van der Waals surface area (Å²) in [4.78, 5) is 0. The van der Waals surface area contributed by atoms with Crippen LogP contribution in [0.3, 0.4) is 0 Å². The molecular formula is C58H42. The quantitative estimate of drug-likeness (QED) is 0.158. The van der Waals surface area contributed by atoms with E-state index in [2.05, 4.69) is 210 Å². The molecule has 0 fully saturated rings. The molecule has 12 rings (SSSR count). The first-order valence-corrected chi connectivity index (χ1v) is 20.7. The molecule has 0 heterocycles. The largest absolute Gasteiger partial charge is 0.0622 e. The van der Waals surface area contributed by atoms with Crippen molar-refractivity contribution < 1.29 is 0 Å². The van der Waals surface area contributed by atoms with Crippen LogP contribution in [0.5, 0.6) is 0 Å². The highest BCUT2D eigenvalue weighted by Crippen LogP contribution is 2.54. The van der Waals surface area contributed by atoms with Crippen molar-refractivity contribution in [2.75, 3.05) is 0 Å². The SMILES string of the molecule is CC1(C)c2ccccc2-c2cc(-c3cc(-c4ccccc4)c4ccc5c(-c6ccc7c(c6)-c6ccccc6C7(C)C)cc(-c6ccccc6)c6ccc3c4c65)ccc21. The molecule has 58 heavy (non-hydrogen) atoms. The molecule has 0 saturated carbocycles. The molecule has 0 bridgehead atoms. The monoisotopic (exact) mass is 738 g/mol. The first-order chi connectivity index (χ1) is 28.3. The molecule has 0 aromatic heterocycles. The Balaban J connectivity index is 1.19. The molecule has 10 aromatic rings. The van der Waals surface area contributed by atoms with Gasteiger partial charge in [0.25, 0.3) is 0 Å². The molecule has 10 aromatic carbocycles. The summed E-state index contributed by atoms with van der Waals surface area (Å²) in [5, 5.41) is 7.82. The van der Waals surface area contributed by atoms with Crippen molar-refractivity contribution in [2.24, 2.45) is 0 Å². The topological polar surface area (TPSA) is 0 Å². The van der Waals surface area contributed by atoms with Crippen molar-refractivity contribution in [3.63, 3.8) is 0 Å². The van der Waals surface area contributed by atoms with Gasteiger partial charge in [0.1, 0.15) is 0 Å². The maximum absolute atomic E-state index is 2.47. The van der Waals surface area contributed by atoms with Gasteiger partial charge in [-0.15, -0.1) is 0 Å². The van der Waals surface area contributed by atoms with E-state index in [4.69, 9.17) is 0 Å². The lowest BCUT2D eigenvalue weighted by Crippen LogP contribution is -2.14. The van der Waals surface area contributed by atoms with Crippen molar-refractivity contribution in [2.45, 2.75) is 38.5 Å². The van der Waals surface area contributed by atoms with Gasteiger partial charge in [0.2, 0.25) is 0 Å². The molecule has 0 aliphatic heterocycles. The van der Waals surface area contributed by atoms with E-state index >= 15 is 0 Å². The summed E-state index contributed by atoms with van der Waals surface area (Å²) in [6, 6.07) is 68.9. The minimum absolute atomic E-state index is 0.0397. The number of benzene rings is 10. The number of fused-ring (bicyclic) bond motifs is 6. The Morgan fingerprint density at radius 1 is 0.241 bits per heavy atom. The van der Waals surface area contributed by atoms with Gasteiger partial charge in [0.15, 0.2) is 0 Å². The second-order valence-corrected chi connectivity index (χ2v) is 17.6. The van der Waals surface area contributed by atoms with E-state index in [1.807, 2.05) is 0 Å². The number of hydrogen-bond donors (Lipinski definition) is 0. The van der Waals surface area contributed by atoms with Crippen LogP contribution in [0.25, 0.3) is 99.1 Å². The zero-order valence-corrected chi connectivity index (χ0v) is 33.3. The maximum Gasteiger partial charge on any atom is 0.0158 e. The number of rotatable bonds is 4. The molecular weight excluding hydrogens is 697 g/mol. The van der Waals surface area contributed by atoms with Gasteiger partial charge >= 0.3 is 0 Å². The van der Waals surface area contributed by atoms with E-state index in [9.17, 15) is 0 Å². The Kier molecular flexibility index (Phi) is 6.84. The first kappa shape index (κ1) is 33.4. The molecule has 0 amide bonds. The molecule has 0 spiro atoms. The van der Waals surface area contributed by atoms with Crippen LogP contribution in [0.4, 0.5) is 0 Å². The van der Waals surface area contributed by atoms with Gasteiger partial charge in [0.05, 0.1) is 0 Å². The summed E-state index contributed by atoms with van der Waals surface area (Å²) < 4.78 is 0. The van der Waals surface area contributed by atoms with Crippen LogP contribution >= 0.6 is 0 Å². The standard InChI is InChI=1S/C58H42/c1-57(2)51-21-13-11-19-39(51)49-31-37(23-29-53(49)57)47-33-45(35-15-7-5-8-16-35)41-26-28-44-48(38-24-30-54-50(32-38)40-20-12-14-22-52(40)58(54,3)4)34-46(36-17-9-6-10-18-36)42-25-27-43(47)55(41)56(42)44/h5-34H,1-4H3. The predicted octanol–water partition coefficient (Wildman–Crippen LogP) is 15.9. The normalized spacial score (nSPS) is 14.5. The van der Waals surface area contributed by atoms with E-state index in [1.165, 1.54) is 121 Å². The van der Waals surface area contributed by atoms with E-state index in [-0.39, 0.29) is 10.8 Å². The highest BCUT2D eigenvalue weighted by atomic mass is 14.4. The van der Waals surface area contributed by atoms with Crippen LogP contribution in [0.2, 0.25) is 0 Å². The van der Waals surface area contributed by atoms with E-state index < -0.39 is 0 Å².